The predicted molar refractivity (Wildman–Crippen MR) is 110 cm³/mol. The number of nitrogens with one attached hydrogen (secondary N) is 1. The Morgan fingerprint density at radius 2 is 0.852 bits per heavy atom. The normalized spacial score (nSPS) is 17.5. The minimum Gasteiger partial charge on any atom is -0.355 e. The molecule has 0 aliphatic carbocycles. The van der Waals surface area contributed by atoms with Crippen molar-refractivity contribution in [3.8, 4) is 0 Å². The zero-order chi connectivity index (χ0) is 19.3. The molecule has 1 aromatic heterocycles. The quantitative estimate of drug-likeness (QED) is 0.614. The van der Waals surface area contributed by atoms with Gasteiger partial charge in [0.1, 0.15) is 0 Å². The highest BCUT2D eigenvalue weighted by atomic mass is 32.2. The summed E-state index contributed by atoms with van der Waals surface area (Å²) >= 11 is 0. The largest absolute Gasteiger partial charge is 0.355 e. The van der Waals surface area contributed by atoms with E-state index in [-0.39, 0.29) is 0 Å². The van der Waals surface area contributed by atoms with Crippen LogP contribution in [-0.4, -0.2) is 21.8 Å². The first-order valence-electron chi connectivity index (χ1n) is 8.01. The molecule has 27 heavy (non-hydrogen) atoms. The van der Waals surface area contributed by atoms with E-state index in [1.807, 2.05) is 0 Å². The summed E-state index contributed by atoms with van der Waals surface area (Å²) in [4.78, 5) is 3.38. The fourth-order valence-corrected chi connectivity index (χ4v) is 3.93. The second-order valence-corrected chi connectivity index (χ2v) is 9.15. The van der Waals surface area contributed by atoms with E-state index in [0.717, 1.165) is 21.6 Å². The average Bonchev–Trinajstić information content (AvgIpc) is 3.33. The van der Waals surface area contributed by atoms with Gasteiger partial charge in [-0.25, -0.2) is 16.8 Å². The van der Waals surface area contributed by atoms with E-state index < -0.39 is 19.7 Å². The van der Waals surface area contributed by atoms with Crippen molar-refractivity contribution in [3.05, 3.63) is 94.5 Å². The molecule has 0 fully saturated rings. The molecule has 0 spiro atoms. The van der Waals surface area contributed by atoms with Gasteiger partial charge in [-0.15, -0.1) is 0 Å². The topological polar surface area (TPSA) is 84.1 Å². The van der Waals surface area contributed by atoms with Gasteiger partial charge in [0, 0.05) is 43.4 Å². The van der Waals surface area contributed by atoms with Crippen molar-refractivity contribution in [1.82, 2.24) is 4.98 Å². The summed E-state index contributed by atoms with van der Waals surface area (Å²) < 4.78 is 41.0. The van der Waals surface area contributed by atoms with Gasteiger partial charge >= 0.3 is 0 Å². The summed E-state index contributed by atoms with van der Waals surface area (Å²) in [6.45, 7) is 0. The molecule has 0 saturated carbocycles. The van der Waals surface area contributed by atoms with Crippen LogP contribution in [0.3, 0.4) is 0 Å². The molecule has 0 saturated heterocycles. The van der Waals surface area contributed by atoms with Crippen LogP contribution >= 0.6 is 0 Å². The molecule has 0 amide bonds. The third-order valence-electron chi connectivity index (χ3n) is 3.71. The predicted octanol–water partition coefficient (Wildman–Crippen LogP) is 4.21. The maximum atomic E-state index is 10.3. The summed E-state index contributed by atoms with van der Waals surface area (Å²) in [7, 11) is -5.81. The lowest BCUT2D eigenvalue weighted by Gasteiger charge is -1.87. The zero-order valence-corrected chi connectivity index (χ0v) is 15.8. The molecule has 0 bridgehead atoms. The number of aromatic amines is 1. The van der Waals surface area contributed by atoms with Crippen molar-refractivity contribution in [2.45, 2.75) is 0 Å². The molecule has 0 unspecified atom stereocenters. The van der Waals surface area contributed by atoms with Gasteiger partial charge in [-0.05, 0) is 36.4 Å². The van der Waals surface area contributed by atoms with E-state index in [2.05, 4.69) is 53.5 Å². The second-order valence-electron chi connectivity index (χ2n) is 5.71. The smallest absolute Gasteiger partial charge is 0.193 e. The van der Waals surface area contributed by atoms with Crippen LogP contribution in [0.5, 0.6) is 0 Å². The van der Waals surface area contributed by atoms with E-state index in [0.29, 0.717) is 0 Å². The fourth-order valence-electron chi connectivity index (χ4n) is 2.51. The Hall–Kier alpha value is -2.90. The Morgan fingerprint density at radius 3 is 1.15 bits per heavy atom. The van der Waals surface area contributed by atoms with E-state index >= 15 is 0 Å². The molecule has 5 rings (SSSR count). The molecule has 1 N–H and O–H groups in total. The van der Waals surface area contributed by atoms with Crippen LogP contribution in [0.1, 0.15) is 0 Å². The number of sulfone groups is 2. The maximum Gasteiger partial charge on any atom is 0.193 e. The molecule has 7 heteroatoms. The number of benzene rings is 2. The van der Waals surface area contributed by atoms with E-state index in [1.54, 1.807) is 0 Å². The molecule has 3 heterocycles. The van der Waals surface area contributed by atoms with Crippen LogP contribution in [0.4, 0.5) is 0 Å². The summed E-state index contributed by atoms with van der Waals surface area (Å²) in [5, 5.41) is 7.25. The van der Waals surface area contributed by atoms with E-state index in [9.17, 15) is 16.8 Å². The first kappa shape index (κ1) is 18.9. The Labute approximate surface area is 157 Å². The highest BCUT2D eigenvalue weighted by Gasteiger charge is 2.01. The molecular weight excluding hydrogens is 382 g/mol. The second kappa shape index (κ2) is 7.77. The number of para-hydroxylation sites is 2. The Morgan fingerprint density at radius 1 is 0.519 bits per heavy atom. The van der Waals surface area contributed by atoms with Crippen LogP contribution in [0.2, 0.25) is 0 Å². The van der Waals surface area contributed by atoms with Gasteiger partial charge in [0.25, 0.3) is 0 Å². The van der Waals surface area contributed by atoms with Crippen molar-refractivity contribution >= 4 is 41.5 Å². The Bertz CT molecular complexity index is 1160. The van der Waals surface area contributed by atoms with Crippen LogP contribution in [0, 0.1) is 0 Å². The molecule has 2 aliphatic rings. The average molecular weight is 399 g/mol. The summed E-state index contributed by atoms with van der Waals surface area (Å²) in [6.07, 6.45) is 5.98. The lowest BCUT2D eigenvalue weighted by atomic mass is 10.2. The zero-order valence-electron chi connectivity index (χ0n) is 14.2. The lowest BCUT2D eigenvalue weighted by molar-refractivity contribution is 0.611. The number of H-pyrrole nitrogens is 1. The number of fused-ring (bicyclic) bond motifs is 3. The van der Waals surface area contributed by atoms with Gasteiger partial charge in [-0.1, -0.05) is 36.4 Å². The van der Waals surface area contributed by atoms with Gasteiger partial charge in [0.2, 0.25) is 0 Å². The lowest BCUT2D eigenvalue weighted by Crippen LogP contribution is -1.80. The fraction of sp³-hybridized carbons (Fsp3) is 0. The Balaban J connectivity index is 0.000000128. The van der Waals surface area contributed by atoms with Crippen LogP contribution < -0.4 is 0 Å². The molecule has 0 radical (unpaired) electrons. The first-order chi connectivity index (χ1) is 12.9. The molecule has 0 atom stereocenters. The number of aromatic nitrogens is 1. The van der Waals surface area contributed by atoms with Gasteiger partial charge in [-0.2, -0.15) is 0 Å². The van der Waals surface area contributed by atoms with Crippen molar-refractivity contribution < 1.29 is 16.8 Å². The van der Waals surface area contributed by atoms with Crippen molar-refractivity contribution in [2.24, 2.45) is 0 Å². The Kier molecular flexibility index (Phi) is 5.43. The number of rotatable bonds is 0. The molecule has 2 aromatic carbocycles. The highest BCUT2D eigenvalue weighted by Crippen LogP contribution is 2.24. The van der Waals surface area contributed by atoms with Crippen molar-refractivity contribution in [2.75, 3.05) is 0 Å². The van der Waals surface area contributed by atoms with E-state index in [1.165, 1.54) is 46.1 Å². The standard InChI is InChI=1S/C12H9N.2C4H4O2S/c1-3-7-11-9(5-1)10-6-2-4-8-12(10)13-11;2*5-7(6)3-1-2-4-7/h1-8,13H;2*1-4H. The van der Waals surface area contributed by atoms with Gasteiger partial charge in [0.15, 0.2) is 19.7 Å². The molecule has 2 aliphatic heterocycles. The van der Waals surface area contributed by atoms with Gasteiger partial charge in [-0.3, -0.25) is 0 Å². The molecule has 138 valence electrons. The minimum absolute atomic E-state index is 1.16. The van der Waals surface area contributed by atoms with Crippen LogP contribution in [-0.2, 0) is 19.7 Å². The first-order valence-corrected chi connectivity index (χ1v) is 11.2. The summed E-state index contributed by atoms with van der Waals surface area (Å²) in [6, 6.07) is 16.8. The van der Waals surface area contributed by atoms with Crippen LogP contribution in [0.25, 0.3) is 21.8 Å². The van der Waals surface area contributed by atoms with Crippen molar-refractivity contribution in [3.63, 3.8) is 0 Å². The van der Waals surface area contributed by atoms with Crippen molar-refractivity contribution in [1.29, 1.82) is 0 Å². The number of allylic oxidation sites excluding steroid dienone is 4. The number of hydrogen-bond donors (Lipinski definition) is 1. The van der Waals surface area contributed by atoms with Gasteiger partial charge in [0.05, 0.1) is 0 Å². The minimum atomic E-state index is -2.91. The monoisotopic (exact) mass is 399 g/mol. The summed E-state index contributed by atoms with van der Waals surface area (Å²) in [5.74, 6) is 0. The van der Waals surface area contributed by atoms with Crippen LogP contribution in [0.15, 0.2) is 94.5 Å². The maximum absolute atomic E-state index is 10.3. The SMILES string of the molecule is O=S1(=O)C=CC=C1.O=S1(=O)C=CC=C1.c1ccc2c(c1)[nH]c1ccccc12. The number of hydrogen-bond acceptors (Lipinski definition) is 4. The third kappa shape index (κ3) is 5.06. The van der Waals surface area contributed by atoms with E-state index in [4.69, 9.17) is 0 Å². The third-order valence-corrected chi connectivity index (χ3v) is 5.85. The highest BCUT2D eigenvalue weighted by molar-refractivity contribution is 7.97. The molecular formula is C20H17NO4S2. The molecule has 3 aromatic rings. The molecule has 5 nitrogen and oxygen atoms in total. The summed E-state index contributed by atoms with van der Waals surface area (Å²) in [5.41, 5.74) is 2.42. The van der Waals surface area contributed by atoms with Gasteiger partial charge < -0.3 is 4.98 Å².